The first-order valence-electron chi connectivity index (χ1n) is 2.65. The van der Waals surface area contributed by atoms with E-state index in [0.717, 1.165) is 12.8 Å². The molecule has 42 valence electrons. The maximum atomic E-state index is 7.16. The third-order valence-electron chi connectivity index (χ3n) is 1.01. The fourth-order valence-electron chi connectivity index (χ4n) is 0.572. The molecule has 0 radical (unpaired) electrons. The fourth-order valence-corrected chi connectivity index (χ4v) is 0.572. The van der Waals surface area contributed by atoms with Crippen LogP contribution in [0.3, 0.4) is 0 Å². The number of allylic oxidation sites excluding steroid dienone is 1. The Bertz CT molecular complexity index is 145. The lowest BCUT2D eigenvalue weighted by molar-refractivity contribution is 1.16. The minimum absolute atomic E-state index is 0.669. The second-order valence-electron chi connectivity index (χ2n) is 1.71. The van der Waals surface area contributed by atoms with Gasteiger partial charge < -0.3 is 5.41 Å². The van der Waals surface area contributed by atoms with Gasteiger partial charge in [-0.05, 0) is 18.9 Å². The molecule has 1 heterocycles. The average Bonchev–Trinajstić information content (AvgIpc) is 1.94. The smallest absolute Gasteiger partial charge is 0.0332 e. The van der Waals surface area contributed by atoms with Gasteiger partial charge in [-0.2, -0.15) is 0 Å². The molecule has 0 spiro atoms. The summed E-state index contributed by atoms with van der Waals surface area (Å²) >= 11 is 0. The van der Waals surface area contributed by atoms with Gasteiger partial charge in [-0.1, -0.05) is 0 Å². The molecule has 0 atom stereocenters. The van der Waals surface area contributed by atoms with E-state index in [0.29, 0.717) is 5.71 Å². The van der Waals surface area contributed by atoms with E-state index in [1.54, 1.807) is 12.3 Å². The SMILES string of the molecule is N=C1C=CN=CCC1. The minimum Gasteiger partial charge on any atom is -0.305 e. The van der Waals surface area contributed by atoms with Crippen molar-refractivity contribution in [3.8, 4) is 0 Å². The molecule has 0 amide bonds. The first-order chi connectivity index (χ1) is 3.89. The van der Waals surface area contributed by atoms with Crippen molar-refractivity contribution in [2.45, 2.75) is 12.8 Å². The molecule has 1 aliphatic rings. The third-order valence-corrected chi connectivity index (χ3v) is 1.01. The number of nitrogens with one attached hydrogen (secondary N) is 1. The Balaban J connectivity index is 2.58. The Morgan fingerprint density at radius 1 is 1.62 bits per heavy atom. The largest absolute Gasteiger partial charge is 0.305 e. The molecule has 0 aromatic rings. The molecule has 0 aromatic heterocycles. The molecule has 8 heavy (non-hydrogen) atoms. The quantitative estimate of drug-likeness (QED) is 0.486. The Labute approximate surface area is 48.4 Å². The van der Waals surface area contributed by atoms with E-state index in [4.69, 9.17) is 5.41 Å². The van der Waals surface area contributed by atoms with Crippen LogP contribution in [0.5, 0.6) is 0 Å². The molecule has 0 saturated carbocycles. The van der Waals surface area contributed by atoms with Gasteiger partial charge >= 0.3 is 0 Å². The van der Waals surface area contributed by atoms with Gasteiger partial charge in [0.15, 0.2) is 0 Å². The highest BCUT2D eigenvalue weighted by Gasteiger charge is 1.90. The van der Waals surface area contributed by atoms with Crippen LogP contribution in [0.2, 0.25) is 0 Å². The molecule has 0 fully saturated rings. The van der Waals surface area contributed by atoms with Crippen LogP contribution < -0.4 is 0 Å². The highest BCUT2D eigenvalue weighted by atomic mass is 14.7. The first kappa shape index (κ1) is 5.22. The van der Waals surface area contributed by atoms with E-state index in [9.17, 15) is 0 Å². The van der Waals surface area contributed by atoms with Crippen molar-refractivity contribution in [2.24, 2.45) is 4.99 Å². The van der Waals surface area contributed by atoms with E-state index < -0.39 is 0 Å². The highest BCUT2D eigenvalue weighted by Crippen LogP contribution is 1.94. The van der Waals surface area contributed by atoms with Crippen molar-refractivity contribution in [2.75, 3.05) is 0 Å². The van der Waals surface area contributed by atoms with Gasteiger partial charge in [0.05, 0.1) is 0 Å². The Morgan fingerprint density at radius 2 is 2.50 bits per heavy atom. The summed E-state index contributed by atoms with van der Waals surface area (Å²) in [7, 11) is 0. The van der Waals surface area contributed by atoms with Crippen LogP contribution in [-0.2, 0) is 0 Å². The molecule has 0 saturated heterocycles. The zero-order chi connectivity index (χ0) is 5.82. The monoisotopic (exact) mass is 108 g/mol. The first-order valence-corrected chi connectivity index (χ1v) is 2.65. The Morgan fingerprint density at radius 3 is 3.38 bits per heavy atom. The van der Waals surface area contributed by atoms with Crippen molar-refractivity contribution in [1.29, 1.82) is 5.41 Å². The van der Waals surface area contributed by atoms with Crippen molar-refractivity contribution in [3.05, 3.63) is 12.3 Å². The number of aliphatic imine (C=N–C) groups is 1. The lowest BCUT2D eigenvalue weighted by Gasteiger charge is -1.85. The maximum absolute atomic E-state index is 7.16. The lowest BCUT2D eigenvalue weighted by Crippen LogP contribution is -1.87. The standard InChI is InChI=1S/C6H8N2/c7-6-2-1-4-8-5-3-6/h3-5,7H,1-2H2. The highest BCUT2D eigenvalue weighted by molar-refractivity contribution is 5.94. The zero-order valence-electron chi connectivity index (χ0n) is 4.59. The predicted octanol–water partition coefficient (Wildman–Crippen LogP) is 1.38. The molecular weight excluding hydrogens is 100 g/mol. The third kappa shape index (κ3) is 1.30. The summed E-state index contributed by atoms with van der Waals surface area (Å²) in [6.07, 6.45) is 6.96. The van der Waals surface area contributed by atoms with Crippen LogP contribution in [0, 0.1) is 5.41 Å². The van der Waals surface area contributed by atoms with E-state index >= 15 is 0 Å². The maximum Gasteiger partial charge on any atom is 0.0332 e. The molecule has 2 heteroatoms. The summed E-state index contributed by atoms with van der Waals surface area (Å²) in [5, 5.41) is 7.16. The Kier molecular flexibility index (Phi) is 1.57. The second kappa shape index (κ2) is 2.40. The van der Waals surface area contributed by atoms with Crippen molar-refractivity contribution in [1.82, 2.24) is 0 Å². The summed E-state index contributed by atoms with van der Waals surface area (Å²) in [4.78, 5) is 3.87. The molecule has 1 aliphatic heterocycles. The molecule has 0 aromatic carbocycles. The van der Waals surface area contributed by atoms with Crippen LogP contribution >= 0.6 is 0 Å². The number of rotatable bonds is 0. The summed E-state index contributed by atoms with van der Waals surface area (Å²) in [6, 6.07) is 0. The van der Waals surface area contributed by atoms with Gasteiger partial charge in [-0.25, -0.2) is 0 Å². The topological polar surface area (TPSA) is 36.2 Å². The molecular formula is C6H8N2. The molecule has 0 unspecified atom stereocenters. The van der Waals surface area contributed by atoms with Crippen LogP contribution in [0.1, 0.15) is 12.8 Å². The number of nitrogens with zero attached hydrogens (tertiary/aromatic N) is 1. The van der Waals surface area contributed by atoms with Gasteiger partial charge in [0, 0.05) is 18.1 Å². The average molecular weight is 108 g/mol. The second-order valence-corrected chi connectivity index (χ2v) is 1.71. The van der Waals surface area contributed by atoms with E-state index in [1.807, 2.05) is 6.21 Å². The minimum atomic E-state index is 0.669. The van der Waals surface area contributed by atoms with Gasteiger partial charge in [-0.15, -0.1) is 0 Å². The van der Waals surface area contributed by atoms with Gasteiger partial charge in [0.1, 0.15) is 0 Å². The van der Waals surface area contributed by atoms with Crippen molar-refractivity contribution >= 4 is 11.9 Å². The molecule has 2 nitrogen and oxygen atoms in total. The zero-order valence-corrected chi connectivity index (χ0v) is 4.59. The van der Waals surface area contributed by atoms with Crippen LogP contribution in [0.15, 0.2) is 17.3 Å². The summed E-state index contributed by atoms with van der Waals surface area (Å²) in [5.41, 5.74) is 0.669. The predicted molar refractivity (Wildman–Crippen MR) is 34.6 cm³/mol. The van der Waals surface area contributed by atoms with Crippen LogP contribution in [-0.4, -0.2) is 11.9 Å². The normalized spacial score (nSPS) is 18.8. The van der Waals surface area contributed by atoms with E-state index in [-0.39, 0.29) is 0 Å². The number of hydrogen-bond donors (Lipinski definition) is 1. The Hall–Kier alpha value is -0.920. The molecule has 0 aliphatic carbocycles. The van der Waals surface area contributed by atoms with Crippen LogP contribution in [0.25, 0.3) is 0 Å². The summed E-state index contributed by atoms with van der Waals surface area (Å²) in [5.74, 6) is 0. The van der Waals surface area contributed by atoms with Gasteiger partial charge in [0.2, 0.25) is 0 Å². The summed E-state index contributed by atoms with van der Waals surface area (Å²) in [6.45, 7) is 0. The molecule has 1 N–H and O–H groups in total. The fraction of sp³-hybridized carbons (Fsp3) is 0.333. The van der Waals surface area contributed by atoms with Gasteiger partial charge in [0.25, 0.3) is 0 Å². The molecule has 0 bridgehead atoms. The van der Waals surface area contributed by atoms with E-state index in [2.05, 4.69) is 4.99 Å². The van der Waals surface area contributed by atoms with Crippen molar-refractivity contribution < 1.29 is 0 Å². The molecule has 1 rings (SSSR count). The van der Waals surface area contributed by atoms with Gasteiger partial charge in [-0.3, -0.25) is 4.99 Å². The number of hydrogen-bond acceptors (Lipinski definition) is 2. The summed E-state index contributed by atoms with van der Waals surface area (Å²) < 4.78 is 0. The van der Waals surface area contributed by atoms with Crippen LogP contribution in [0.4, 0.5) is 0 Å². The lowest BCUT2D eigenvalue weighted by atomic mass is 10.2. The van der Waals surface area contributed by atoms with E-state index in [1.165, 1.54) is 0 Å². The van der Waals surface area contributed by atoms with Crippen molar-refractivity contribution in [3.63, 3.8) is 0 Å².